The van der Waals surface area contributed by atoms with Crippen molar-refractivity contribution in [3.05, 3.63) is 9.26 Å². The number of anilines is 1. The number of aromatic nitrogens is 2. The molecule has 1 aromatic rings. The molecule has 0 saturated carbocycles. The molecule has 0 aromatic carbocycles. The van der Waals surface area contributed by atoms with Gasteiger partial charge in [0.05, 0.1) is 9.26 Å². The van der Waals surface area contributed by atoms with Crippen LogP contribution in [0, 0.1) is 15.9 Å². The predicted octanol–water partition coefficient (Wildman–Crippen LogP) is 2.42. The summed E-state index contributed by atoms with van der Waals surface area (Å²) in [5, 5.41) is 4.38. The predicted molar refractivity (Wildman–Crippen MR) is 63.5 cm³/mol. The summed E-state index contributed by atoms with van der Waals surface area (Å²) in [6.07, 6.45) is 0. The van der Waals surface area contributed by atoms with Crippen LogP contribution in [0.25, 0.3) is 0 Å². The summed E-state index contributed by atoms with van der Waals surface area (Å²) in [5.74, 6) is 0.785. The van der Waals surface area contributed by atoms with Crippen LogP contribution in [0.4, 0.5) is 5.82 Å². The number of nitrogen functional groups attached to an aromatic ring is 1. The zero-order valence-electron chi connectivity index (χ0n) is 8.56. The number of aryl methyl sites for hydroxylation is 1. The second kappa shape index (κ2) is 3.48. The van der Waals surface area contributed by atoms with Gasteiger partial charge in [0.2, 0.25) is 0 Å². The Morgan fingerprint density at radius 3 is 2.31 bits per heavy atom. The van der Waals surface area contributed by atoms with E-state index in [1.54, 1.807) is 0 Å². The van der Waals surface area contributed by atoms with E-state index in [-0.39, 0.29) is 5.41 Å². The van der Waals surface area contributed by atoms with E-state index in [0.29, 0.717) is 0 Å². The highest BCUT2D eigenvalue weighted by Gasteiger charge is 2.16. The van der Waals surface area contributed by atoms with Crippen molar-refractivity contribution in [3.63, 3.8) is 0 Å². The van der Waals surface area contributed by atoms with E-state index in [2.05, 4.69) is 48.5 Å². The van der Waals surface area contributed by atoms with Gasteiger partial charge >= 0.3 is 0 Å². The molecule has 1 heterocycles. The third-order valence-corrected chi connectivity index (χ3v) is 3.05. The van der Waals surface area contributed by atoms with Crippen molar-refractivity contribution in [1.29, 1.82) is 0 Å². The number of nitrogens with zero attached hydrogens (tertiary/aromatic N) is 2. The Morgan fingerprint density at radius 1 is 1.46 bits per heavy atom. The highest BCUT2D eigenvalue weighted by atomic mass is 127. The van der Waals surface area contributed by atoms with Crippen molar-refractivity contribution in [2.75, 3.05) is 5.73 Å². The summed E-state index contributed by atoms with van der Waals surface area (Å²) >= 11 is 2.23. The van der Waals surface area contributed by atoms with Gasteiger partial charge in [0.1, 0.15) is 5.82 Å². The Kier molecular flexibility index (Phi) is 2.89. The van der Waals surface area contributed by atoms with E-state index < -0.39 is 0 Å². The molecule has 0 aliphatic carbocycles. The maximum Gasteiger partial charge on any atom is 0.135 e. The van der Waals surface area contributed by atoms with Gasteiger partial charge in [0, 0.05) is 6.54 Å². The van der Waals surface area contributed by atoms with Gasteiger partial charge in [-0.05, 0) is 34.9 Å². The molecule has 0 unspecified atom stereocenters. The maximum absolute atomic E-state index is 5.90. The first-order chi connectivity index (χ1) is 5.81. The van der Waals surface area contributed by atoms with Crippen molar-refractivity contribution in [3.8, 4) is 0 Å². The molecular formula is C9H16IN3. The number of hydrogen-bond acceptors (Lipinski definition) is 2. The molecule has 0 radical (unpaired) electrons. The summed E-state index contributed by atoms with van der Waals surface area (Å²) < 4.78 is 2.96. The Hall–Kier alpha value is -0.260. The smallest absolute Gasteiger partial charge is 0.135 e. The lowest BCUT2D eigenvalue weighted by atomic mass is 9.97. The molecule has 0 aliphatic heterocycles. The maximum atomic E-state index is 5.90. The zero-order chi connectivity index (χ0) is 10.2. The van der Waals surface area contributed by atoms with Crippen molar-refractivity contribution in [2.24, 2.45) is 5.41 Å². The first kappa shape index (κ1) is 10.8. The van der Waals surface area contributed by atoms with E-state index in [1.165, 1.54) is 0 Å². The summed E-state index contributed by atoms with van der Waals surface area (Å²) in [6, 6.07) is 0. The molecule has 13 heavy (non-hydrogen) atoms. The first-order valence-electron chi connectivity index (χ1n) is 4.29. The zero-order valence-corrected chi connectivity index (χ0v) is 10.7. The molecule has 0 aliphatic rings. The summed E-state index contributed by atoms with van der Waals surface area (Å²) in [6.45, 7) is 9.38. The second-order valence-corrected chi connectivity index (χ2v) is 5.58. The molecule has 0 fully saturated rings. The molecule has 1 rings (SSSR count). The molecule has 0 saturated heterocycles. The molecule has 0 amide bonds. The summed E-state index contributed by atoms with van der Waals surface area (Å²) in [5.41, 5.74) is 7.14. The van der Waals surface area contributed by atoms with E-state index in [1.807, 2.05) is 11.6 Å². The molecular weight excluding hydrogens is 277 g/mol. The van der Waals surface area contributed by atoms with Crippen LogP contribution in [0.2, 0.25) is 0 Å². The number of halogens is 1. The van der Waals surface area contributed by atoms with Gasteiger partial charge in [-0.1, -0.05) is 20.8 Å². The van der Waals surface area contributed by atoms with Gasteiger partial charge in [0.15, 0.2) is 0 Å². The molecule has 0 spiro atoms. The van der Waals surface area contributed by atoms with Gasteiger partial charge in [-0.3, -0.25) is 0 Å². The third-order valence-electron chi connectivity index (χ3n) is 1.72. The van der Waals surface area contributed by atoms with Crippen LogP contribution in [0.15, 0.2) is 0 Å². The molecule has 2 N–H and O–H groups in total. The van der Waals surface area contributed by atoms with Crippen molar-refractivity contribution in [2.45, 2.75) is 34.2 Å². The number of hydrogen-bond donors (Lipinski definition) is 1. The molecule has 0 bridgehead atoms. The standard InChI is InChI=1S/C9H16IN3/c1-6-7(10)8(11)13(12-6)5-9(2,3)4/h5,11H2,1-4H3. The van der Waals surface area contributed by atoms with Crippen molar-refractivity contribution >= 4 is 28.4 Å². The van der Waals surface area contributed by atoms with Gasteiger partial charge in [0.25, 0.3) is 0 Å². The molecule has 1 aromatic heterocycles. The average molecular weight is 293 g/mol. The molecule has 0 atom stereocenters. The lowest BCUT2D eigenvalue weighted by molar-refractivity contribution is 0.327. The topological polar surface area (TPSA) is 43.8 Å². The average Bonchev–Trinajstić information content (AvgIpc) is 2.15. The van der Waals surface area contributed by atoms with Crippen molar-refractivity contribution < 1.29 is 0 Å². The van der Waals surface area contributed by atoms with Gasteiger partial charge in [-0.15, -0.1) is 0 Å². The largest absolute Gasteiger partial charge is 0.383 e. The number of rotatable bonds is 1. The normalized spacial score (nSPS) is 12.1. The third kappa shape index (κ3) is 2.59. The van der Waals surface area contributed by atoms with E-state index >= 15 is 0 Å². The van der Waals surface area contributed by atoms with Crippen LogP contribution in [-0.4, -0.2) is 9.78 Å². The fourth-order valence-corrected chi connectivity index (χ4v) is 1.53. The minimum absolute atomic E-state index is 0.218. The van der Waals surface area contributed by atoms with Crippen LogP contribution < -0.4 is 5.73 Å². The highest BCUT2D eigenvalue weighted by molar-refractivity contribution is 14.1. The Balaban J connectivity index is 2.97. The lowest BCUT2D eigenvalue weighted by Gasteiger charge is -2.18. The Labute approximate surface area is 92.8 Å². The van der Waals surface area contributed by atoms with Gasteiger partial charge in [-0.2, -0.15) is 5.10 Å². The summed E-state index contributed by atoms with van der Waals surface area (Å²) in [4.78, 5) is 0. The SMILES string of the molecule is Cc1nn(CC(C)(C)C)c(N)c1I. The molecule has 3 nitrogen and oxygen atoms in total. The van der Waals surface area contributed by atoms with Crippen LogP contribution in [0.1, 0.15) is 26.5 Å². The van der Waals surface area contributed by atoms with Crippen LogP contribution in [0.5, 0.6) is 0 Å². The summed E-state index contributed by atoms with van der Waals surface area (Å²) in [7, 11) is 0. The molecule has 74 valence electrons. The second-order valence-electron chi connectivity index (χ2n) is 4.50. The van der Waals surface area contributed by atoms with E-state index in [9.17, 15) is 0 Å². The first-order valence-corrected chi connectivity index (χ1v) is 5.37. The fourth-order valence-electron chi connectivity index (χ4n) is 1.15. The van der Waals surface area contributed by atoms with E-state index in [4.69, 9.17) is 5.73 Å². The van der Waals surface area contributed by atoms with Crippen LogP contribution in [0.3, 0.4) is 0 Å². The Bertz CT molecular complexity index is 309. The highest BCUT2D eigenvalue weighted by Crippen LogP contribution is 2.23. The quantitative estimate of drug-likeness (QED) is 0.808. The van der Waals surface area contributed by atoms with Gasteiger partial charge < -0.3 is 5.73 Å². The monoisotopic (exact) mass is 293 g/mol. The van der Waals surface area contributed by atoms with Gasteiger partial charge in [-0.25, -0.2) is 4.68 Å². The van der Waals surface area contributed by atoms with Crippen LogP contribution >= 0.6 is 22.6 Å². The van der Waals surface area contributed by atoms with Crippen LogP contribution in [-0.2, 0) is 6.54 Å². The fraction of sp³-hybridized carbons (Fsp3) is 0.667. The number of nitrogens with two attached hydrogens (primary N) is 1. The minimum atomic E-state index is 0.218. The Morgan fingerprint density at radius 2 is 2.00 bits per heavy atom. The van der Waals surface area contributed by atoms with E-state index in [0.717, 1.165) is 21.6 Å². The minimum Gasteiger partial charge on any atom is -0.383 e. The lowest BCUT2D eigenvalue weighted by Crippen LogP contribution is -2.18. The molecule has 4 heteroatoms. The van der Waals surface area contributed by atoms with Crippen molar-refractivity contribution in [1.82, 2.24) is 9.78 Å².